The number of nitrogens with one attached hydrogen (secondary N) is 1. The summed E-state index contributed by atoms with van der Waals surface area (Å²) in [6, 6.07) is 21.2. The average Bonchev–Trinajstić information content (AvgIpc) is 3.44. The predicted molar refractivity (Wildman–Crippen MR) is 139 cm³/mol. The van der Waals surface area contributed by atoms with Crippen molar-refractivity contribution in [3.8, 4) is 17.2 Å². The van der Waals surface area contributed by atoms with Crippen LogP contribution >= 0.6 is 12.2 Å². The van der Waals surface area contributed by atoms with Crippen molar-refractivity contribution in [2.75, 3.05) is 23.6 Å². The van der Waals surface area contributed by atoms with Crippen LogP contribution in [-0.2, 0) is 16.1 Å². The molecule has 0 unspecified atom stereocenters. The van der Waals surface area contributed by atoms with Gasteiger partial charge >= 0.3 is 0 Å². The zero-order valence-electron chi connectivity index (χ0n) is 19.7. The zero-order valence-corrected chi connectivity index (χ0v) is 20.5. The Kier molecular flexibility index (Phi) is 6.73. The Morgan fingerprint density at radius 1 is 1.06 bits per heavy atom. The number of thiocarbonyl (C=S) groups is 1. The molecule has 1 N–H and O–H groups in total. The number of hydrogen-bond acceptors (Lipinski definition) is 6. The Morgan fingerprint density at radius 3 is 2.56 bits per heavy atom. The van der Waals surface area contributed by atoms with E-state index in [1.54, 1.807) is 29.2 Å². The van der Waals surface area contributed by atoms with Crippen LogP contribution in [0.4, 0.5) is 11.4 Å². The molecule has 36 heavy (non-hydrogen) atoms. The van der Waals surface area contributed by atoms with E-state index >= 15 is 0 Å². The molecule has 1 atom stereocenters. The summed E-state index contributed by atoms with van der Waals surface area (Å²) in [5, 5.41) is 3.22. The Labute approximate surface area is 214 Å². The number of carbonyl (C=O) groups excluding carboxylic acids is 2. The highest BCUT2D eigenvalue weighted by Gasteiger charge is 2.44. The van der Waals surface area contributed by atoms with Crippen molar-refractivity contribution in [2.45, 2.75) is 25.9 Å². The van der Waals surface area contributed by atoms with Gasteiger partial charge in [0.1, 0.15) is 11.8 Å². The van der Waals surface area contributed by atoms with Gasteiger partial charge in [0.2, 0.25) is 12.7 Å². The fourth-order valence-corrected chi connectivity index (χ4v) is 4.64. The van der Waals surface area contributed by atoms with Crippen molar-refractivity contribution in [3.05, 3.63) is 78.4 Å². The fraction of sp³-hybridized carbons (Fsp3) is 0.222. The highest BCUT2D eigenvalue weighted by molar-refractivity contribution is 7.80. The van der Waals surface area contributed by atoms with Gasteiger partial charge in [-0.2, -0.15) is 0 Å². The maximum Gasteiger partial charge on any atom is 0.256 e. The molecular weight excluding hydrogens is 478 g/mol. The van der Waals surface area contributed by atoms with Gasteiger partial charge in [0, 0.05) is 12.2 Å². The summed E-state index contributed by atoms with van der Waals surface area (Å²) in [6.07, 6.45) is -0.0555. The molecule has 2 aliphatic heterocycles. The van der Waals surface area contributed by atoms with Crippen LogP contribution < -0.4 is 24.4 Å². The molecule has 0 spiro atoms. The van der Waals surface area contributed by atoms with Crippen molar-refractivity contribution in [1.29, 1.82) is 0 Å². The second kappa shape index (κ2) is 10.2. The maximum absolute atomic E-state index is 13.6. The normalized spacial score (nSPS) is 16.4. The second-order valence-electron chi connectivity index (χ2n) is 8.33. The minimum Gasteiger partial charge on any atom is -0.494 e. The van der Waals surface area contributed by atoms with Crippen LogP contribution in [0.2, 0.25) is 0 Å². The number of para-hydroxylation sites is 1. The van der Waals surface area contributed by atoms with Gasteiger partial charge in [0.05, 0.1) is 18.7 Å². The van der Waals surface area contributed by atoms with Crippen molar-refractivity contribution < 1.29 is 23.8 Å². The lowest BCUT2D eigenvalue weighted by Gasteiger charge is -2.24. The van der Waals surface area contributed by atoms with E-state index in [1.807, 2.05) is 55.5 Å². The van der Waals surface area contributed by atoms with E-state index in [9.17, 15) is 9.59 Å². The van der Waals surface area contributed by atoms with Gasteiger partial charge in [-0.1, -0.05) is 24.3 Å². The van der Waals surface area contributed by atoms with Gasteiger partial charge in [0.25, 0.3) is 5.91 Å². The Balaban J connectivity index is 1.37. The van der Waals surface area contributed by atoms with Crippen LogP contribution in [0.3, 0.4) is 0 Å². The summed E-state index contributed by atoms with van der Waals surface area (Å²) in [4.78, 5) is 29.9. The first kappa shape index (κ1) is 23.6. The van der Waals surface area contributed by atoms with E-state index in [0.717, 1.165) is 11.3 Å². The van der Waals surface area contributed by atoms with Crippen molar-refractivity contribution in [2.24, 2.45) is 0 Å². The van der Waals surface area contributed by atoms with Crippen LogP contribution in [0.1, 0.15) is 18.9 Å². The van der Waals surface area contributed by atoms with E-state index < -0.39 is 6.04 Å². The maximum atomic E-state index is 13.6. The molecule has 0 saturated carbocycles. The number of carbonyl (C=O) groups is 2. The summed E-state index contributed by atoms with van der Waals surface area (Å²) in [7, 11) is 0. The first-order chi connectivity index (χ1) is 17.5. The largest absolute Gasteiger partial charge is 0.494 e. The third-order valence-corrected chi connectivity index (χ3v) is 6.37. The lowest BCUT2D eigenvalue weighted by molar-refractivity contribution is -0.124. The van der Waals surface area contributed by atoms with E-state index in [4.69, 9.17) is 26.4 Å². The van der Waals surface area contributed by atoms with Gasteiger partial charge in [-0.05, 0) is 73.2 Å². The Morgan fingerprint density at radius 2 is 1.81 bits per heavy atom. The van der Waals surface area contributed by atoms with Crippen LogP contribution in [-0.4, -0.2) is 41.3 Å². The first-order valence-electron chi connectivity index (χ1n) is 11.6. The number of fused-ring (bicyclic) bond motifs is 1. The molecule has 0 aromatic heterocycles. The fourth-order valence-electron chi connectivity index (χ4n) is 4.25. The predicted octanol–water partition coefficient (Wildman–Crippen LogP) is 4.35. The monoisotopic (exact) mass is 503 g/mol. The third-order valence-electron chi connectivity index (χ3n) is 5.95. The van der Waals surface area contributed by atoms with Gasteiger partial charge < -0.3 is 24.4 Å². The molecule has 1 fully saturated rings. The third kappa shape index (κ3) is 4.83. The number of hydrogen-bond donors (Lipinski definition) is 1. The lowest BCUT2D eigenvalue weighted by atomic mass is 10.1. The van der Waals surface area contributed by atoms with Gasteiger partial charge in [0.15, 0.2) is 16.6 Å². The quantitative estimate of drug-likeness (QED) is 0.458. The van der Waals surface area contributed by atoms with E-state index in [-0.39, 0.29) is 25.0 Å². The molecular formula is C27H25N3O5S. The molecule has 0 bridgehead atoms. The summed E-state index contributed by atoms with van der Waals surface area (Å²) in [5.74, 6) is 1.52. The number of benzene rings is 3. The molecule has 1 saturated heterocycles. The van der Waals surface area contributed by atoms with Crippen molar-refractivity contribution in [3.63, 3.8) is 0 Å². The topological polar surface area (TPSA) is 80.3 Å². The minimum atomic E-state index is -0.758. The molecule has 0 radical (unpaired) electrons. The second-order valence-corrected chi connectivity index (χ2v) is 8.70. The van der Waals surface area contributed by atoms with E-state index in [0.29, 0.717) is 41.1 Å². The number of rotatable bonds is 8. The van der Waals surface area contributed by atoms with E-state index in [1.165, 1.54) is 4.90 Å². The van der Waals surface area contributed by atoms with Crippen LogP contribution in [0, 0.1) is 0 Å². The Bertz CT molecular complexity index is 1280. The molecule has 184 valence electrons. The standard InChI is InChI=1S/C27H25N3O5S/c1-2-33-21-11-9-19(10-12-21)28-25(31)15-22-26(32)30(20-6-4-3-5-7-20)27(36)29(22)16-18-8-13-23-24(14-18)35-17-34-23/h3-14,22H,2,15-17H2,1H3,(H,28,31)/t22-/m1/s1. The van der Waals surface area contributed by atoms with Crippen LogP contribution in [0.5, 0.6) is 17.2 Å². The van der Waals surface area contributed by atoms with Crippen LogP contribution in [0.15, 0.2) is 72.8 Å². The number of nitrogens with zero attached hydrogens (tertiary/aromatic N) is 2. The number of anilines is 2. The van der Waals surface area contributed by atoms with Crippen molar-refractivity contribution in [1.82, 2.24) is 4.90 Å². The highest BCUT2D eigenvalue weighted by Crippen LogP contribution is 2.34. The molecule has 2 heterocycles. The molecule has 9 heteroatoms. The van der Waals surface area contributed by atoms with Crippen molar-refractivity contribution >= 4 is 40.5 Å². The molecule has 0 aliphatic carbocycles. The highest BCUT2D eigenvalue weighted by atomic mass is 32.1. The minimum absolute atomic E-state index is 0.0555. The van der Waals surface area contributed by atoms with Gasteiger partial charge in [-0.25, -0.2) is 0 Å². The van der Waals surface area contributed by atoms with Crippen LogP contribution in [0.25, 0.3) is 0 Å². The molecule has 2 aliphatic rings. The average molecular weight is 504 g/mol. The first-order valence-corrected chi connectivity index (χ1v) is 12.0. The summed E-state index contributed by atoms with van der Waals surface area (Å²) in [6.45, 7) is 2.99. The molecule has 3 aromatic carbocycles. The Hall–Kier alpha value is -4.11. The number of amides is 2. The van der Waals surface area contributed by atoms with Gasteiger partial charge in [-0.3, -0.25) is 14.5 Å². The smallest absolute Gasteiger partial charge is 0.256 e. The molecule has 2 amide bonds. The summed E-state index contributed by atoms with van der Waals surface area (Å²) >= 11 is 5.75. The zero-order chi connectivity index (χ0) is 25.1. The molecule has 3 aromatic rings. The number of ether oxygens (including phenoxy) is 3. The molecule has 5 rings (SSSR count). The van der Waals surface area contributed by atoms with Gasteiger partial charge in [-0.15, -0.1) is 0 Å². The lowest BCUT2D eigenvalue weighted by Crippen LogP contribution is -2.37. The summed E-state index contributed by atoms with van der Waals surface area (Å²) < 4.78 is 16.4. The van der Waals surface area contributed by atoms with E-state index in [2.05, 4.69) is 5.32 Å². The SMILES string of the molecule is CCOc1ccc(NC(=O)C[C@@H]2C(=O)N(c3ccccc3)C(=S)N2Cc2ccc3c(c2)OCO3)cc1. The summed E-state index contributed by atoms with van der Waals surface area (Å²) in [5.41, 5.74) is 2.18. The molecule has 8 nitrogen and oxygen atoms in total.